The SMILES string of the molecule is NC(=O)c1ccc(NC(=O)CCN2CC[C@@H](c3ccccc3)C2)cc1. The monoisotopic (exact) mass is 337 g/mol. The summed E-state index contributed by atoms with van der Waals surface area (Å²) >= 11 is 0. The maximum atomic E-state index is 12.1. The molecule has 25 heavy (non-hydrogen) atoms. The second-order valence-corrected chi connectivity index (χ2v) is 6.44. The molecule has 0 saturated carbocycles. The third-order valence-electron chi connectivity index (χ3n) is 4.65. The van der Waals surface area contributed by atoms with Crippen LogP contribution in [0.3, 0.4) is 0 Å². The van der Waals surface area contributed by atoms with Crippen LogP contribution >= 0.6 is 0 Å². The lowest BCUT2D eigenvalue weighted by atomic mass is 9.99. The van der Waals surface area contributed by atoms with E-state index in [-0.39, 0.29) is 5.91 Å². The van der Waals surface area contributed by atoms with Crippen LogP contribution in [0, 0.1) is 0 Å². The molecule has 2 aromatic carbocycles. The molecule has 0 aromatic heterocycles. The number of likely N-dealkylation sites (tertiary alicyclic amines) is 1. The highest BCUT2D eigenvalue weighted by Gasteiger charge is 2.23. The second kappa shape index (κ2) is 7.94. The molecular formula is C20H23N3O2. The van der Waals surface area contributed by atoms with Gasteiger partial charge in [-0.1, -0.05) is 30.3 Å². The van der Waals surface area contributed by atoms with Crippen LogP contribution in [0.4, 0.5) is 5.69 Å². The van der Waals surface area contributed by atoms with Crippen molar-refractivity contribution in [3.05, 3.63) is 65.7 Å². The number of nitrogens with zero attached hydrogens (tertiary/aromatic N) is 1. The summed E-state index contributed by atoms with van der Waals surface area (Å²) in [7, 11) is 0. The van der Waals surface area contributed by atoms with Crippen molar-refractivity contribution in [3.63, 3.8) is 0 Å². The van der Waals surface area contributed by atoms with E-state index in [2.05, 4.69) is 34.5 Å². The van der Waals surface area contributed by atoms with Gasteiger partial charge in [-0.25, -0.2) is 0 Å². The Morgan fingerprint density at radius 1 is 1.08 bits per heavy atom. The first-order valence-electron chi connectivity index (χ1n) is 8.59. The molecule has 1 fully saturated rings. The fourth-order valence-electron chi connectivity index (χ4n) is 3.23. The third kappa shape index (κ3) is 4.67. The van der Waals surface area contributed by atoms with Gasteiger partial charge in [0.1, 0.15) is 0 Å². The van der Waals surface area contributed by atoms with E-state index >= 15 is 0 Å². The summed E-state index contributed by atoms with van der Waals surface area (Å²) < 4.78 is 0. The van der Waals surface area contributed by atoms with Gasteiger partial charge in [0.05, 0.1) is 0 Å². The van der Waals surface area contributed by atoms with Gasteiger partial charge in [0.15, 0.2) is 0 Å². The first-order valence-corrected chi connectivity index (χ1v) is 8.59. The molecule has 2 amide bonds. The number of primary amides is 1. The Morgan fingerprint density at radius 3 is 2.48 bits per heavy atom. The molecular weight excluding hydrogens is 314 g/mol. The Bertz CT molecular complexity index is 728. The summed E-state index contributed by atoms with van der Waals surface area (Å²) in [6, 6.07) is 17.2. The summed E-state index contributed by atoms with van der Waals surface area (Å²) in [6.07, 6.45) is 1.60. The minimum atomic E-state index is -0.472. The van der Waals surface area contributed by atoms with E-state index in [9.17, 15) is 9.59 Å². The van der Waals surface area contributed by atoms with E-state index in [0.29, 0.717) is 23.6 Å². The van der Waals surface area contributed by atoms with Crippen LogP contribution in [-0.4, -0.2) is 36.3 Å². The van der Waals surface area contributed by atoms with Gasteiger partial charge >= 0.3 is 0 Å². The van der Waals surface area contributed by atoms with E-state index < -0.39 is 5.91 Å². The fraction of sp³-hybridized carbons (Fsp3) is 0.300. The molecule has 1 saturated heterocycles. The standard InChI is InChI=1S/C20H23N3O2/c21-20(25)16-6-8-18(9-7-16)22-19(24)11-13-23-12-10-17(14-23)15-4-2-1-3-5-15/h1-9,17H,10-14H2,(H2,21,25)(H,22,24)/t17-/m1/s1. The van der Waals surface area contributed by atoms with Gasteiger partial charge in [-0.05, 0) is 48.7 Å². The molecule has 5 nitrogen and oxygen atoms in total. The van der Waals surface area contributed by atoms with Crippen molar-refractivity contribution in [3.8, 4) is 0 Å². The van der Waals surface area contributed by atoms with Crippen molar-refractivity contribution >= 4 is 17.5 Å². The molecule has 0 aliphatic carbocycles. The van der Waals surface area contributed by atoms with Crippen molar-refractivity contribution in [2.75, 3.05) is 25.0 Å². The van der Waals surface area contributed by atoms with Crippen molar-refractivity contribution in [2.24, 2.45) is 5.73 Å². The average Bonchev–Trinajstić information content (AvgIpc) is 3.10. The number of carbonyl (C=O) groups excluding carboxylic acids is 2. The summed E-state index contributed by atoms with van der Waals surface area (Å²) in [5, 5.41) is 2.86. The van der Waals surface area contributed by atoms with Crippen LogP contribution in [0.1, 0.15) is 34.7 Å². The average molecular weight is 337 g/mol. The first-order chi connectivity index (χ1) is 12.1. The van der Waals surface area contributed by atoms with E-state index in [1.165, 1.54) is 5.56 Å². The minimum Gasteiger partial charge on any atom is -0.366 e. The topological polar surface area (TPSA) is 75.4 Å². The van der Waals surface area contributed by atoms with E-state index in [1.807, 2.05) is 6.07 Å². The lowest BCUT2D eigenvalue weighted by Crippen LogP contribution is -2.25. The Hall–Kier alpha value is -2.66. The summed E-state index contributed by atoms with van der Waals surface area (Å²) in [4.78, 5) is 25.5. The molecule has 1 heterocycles. The number of hydrogen-bond acceptors (Lipinski definition) is 3. The number of carbonyl (C=O) groups is 2. The highest BCUT2D eigenvalue weighted by atomic mass is 16.2. The number of anilines is 1. The Labute approximate surface area is 147 Å². The van der Waals surface area contributed by atoms with Gasteiger partial charge in [-0.2, -0.15) is 0 Å². The number of hydrogen-bond donors (Lipinski definition) is 2. The van der Waals surface area contributed by atoms with Gasteiger partial charge in [0.25, 0.3) is 0 Å². The van der Waals surface area contributed by atoms with E-state index in [1.54, 1.807) is 24.3 Å². The molecule has 0 spiro atoms. The van der Waals surface area contributed by atoms with Crippen molar-refractivity contribution in [2.45, 2.75) is 18.8 Å². The Morgan fingerprint density at radius 2 is 1.80 bits per heavy atom. The predicted octanol–water partition coefficient (Wildman–Crippen LogP) is 2.60. The molecule has 130 valence electrons. The lowest BCUT2D eigenvalue weighted by molar-refractivity contribution is -0.116. The van der Waals surface area contributed by atoms with Crippen molar-refractivity contribution < 1.29 is 9.59 Å². The first kappa shape index (κ1) is 17.2. The normalized spacial score (nSPS) is 17.4. The third-order valence-corrected chi connectivity index (χ3v) is 4.65. The number of rotatable bonds is 6. The largest absolute Gasteiger partial charge is 0.366 e. The Balaban J connectivity index is 1.44. The zero-order valence-corrected chi connectivity index (χ0v) is 14.2. The van der Waals surface area contributed by atoms with Gasteiger partial charge in [-0.15, -0.1) is 0 Å². The van der Waals surface area contributed by atoms with Crippen LogP contribution < -0.4 is 11.1 Å². The summed E-state index contributed by atoms with van der Waals surface area (Å²) in [6.45, 7) is 2.79. The molecule has 5 heteroatoms. The van der Waals surface area contributed by atoms with Crippen LogP contribution in [-0.2, 0) is 4.79 Å². The number of amides is 2. The molecule has 0 bridgehead atoms. The predicted molar refractivity (Wildman–Crippen MR) is 98.4 cm³/mol. The number of benzene rings is 2. The summed E-state index contributed by atoms with van der Waals surface area (Å²) in [5.41, 5.74) is 7.69. The van der Waals surface area contributed by atoms with Gasteiger partial charge in [0.2, 0.25) is 11.8 Å². The van der Waals surface area contributed by atoms with Crippen LogP contribution in [0.2, 0.25) is 0 Å². The highest BCUT2D eigenvalue weighted by molar-refractivity contribution is 5.94. The molecule has 0 radical (unpaired) electrons. The smallest absolute Gasteiger partial charge is 0.248 e. The Kier molecular flexibility index (Phi) is 5.46. The van der Waals surface area contributed by atoms with Gasteiger partial charge < -0.3 is 16.0 Å². The highest BCUT2D eigenvalue weighted by Crippen LogP contribution is 2.26. The maximum Gasteiger partial charge on any atom is 0.248 e. The van der Waals surface area contributed by atoms with Crippen molar-refractivity contribution in [1.29, 1.82) is 0 Å². The van der Waals surface area contributed by atoms with Gasteiger partial charge in [0, 0.05) is 30.8 Å². The maximum absolute atomic E-state index is 12.1. The molecule has 1 aliphatic heterocycles. The molecule has 2 aromatic rings. The van der Waals surface area contributed by atoms with Gasteiger partial charge in [-0.3, -0.25) is 9.59 Å². The number of nitrogens with one attached hydrogen (secondary N) is 1. The fourth-order valence-corrected chi connectivity index (χ4v) is 3.23. The molecule has 3 rings (SSSR count). The minimum absolute atomic E-state index is 0.0185. The summed E-state index contributed by atoms with van der Waals surface area (Å²) in [5.74, 6) is 0.0699. The zero-order chi connectivity index (χ0) is 17.6. The molecule has 1 atom stereocenters. The van der Waals surface area contributed by atoms with Crippen LogP contribution in [0.5, 0.6) is 0 Å². The quantitative estimate of drug-likeness (QED) is 0.851. The molecule has 0 unspecified atom stereocenters. The zero-order valence-electron chi connectivity index (χ0n) is 14.2. The van der Waals surface area contributed by atoms with E-state index in [4.69, 9.17) is 5.73 Å². The number of nitrogens with two attached hydrogens (primary N) is 1. The lowest BCUT2D eigenvalue weighted by Gasteiger charge is -2.16. The molecule has 3 N–H and O–H groups in total. The van der Waals surface area contributed by atoms with E-state index in [0.717, 1.165) is 26.1 Å². The molecule has 1 aliphatic rings. The van der Waals surface area contributed by atoms with Crippen LogP contribution in [0.15, 0.2) is 54.6 Å². The second-order valence-electron chi connectivity index (χ2n) is 6.44. The van der Waals surface area contributed by atoms with Crippen molar-refractivity contribution in [1.82, 2.24) is 4.90 Å². The van der Waals surface area contributed by atoms with Crippen LogP contribution in [0.25, 0.3) is 0 Å².